The van der Waals surface area contributed by atoms with E-state index in [-0.39, 0.29) is 7.43 Å². The molecule has 0 aliphatic heterocycles. The molecule has 0 aliphatic carbocycles. The van der Waals surface area contributed by atoms with Crippen LogP contribution in [0.25, 0.3) is 0 Å². The molecule has 0 aromatic carbocycles. The largest absolute Gasteiger partial charge is 0.330 e. The summed E-state index contributed by atoms with van der Waals surface area (Å²) < 4.78 is 0. The van der Waals surface area contributed by atoms with Gasteiger partial charge in [0, 0.05) is 0 Å². The first-order chi connectivity index (χ1) is 2.41. The zero-order valence-electron chi connectivity index (χ0n) is 3.28. The lowest BCUT2D eigenvalue weighted by Crippen LogP contribution is -2.06. The highest BCUT2D eigenvalue weighted by Crippen LogP contribution is 1.58. The molecule has 0 heterocycles. The van der Waals surface area contributed by atoms with E-state index in [1.54, 1.807) is 0 Å². The third-order valence-corrected chi connectivity index (χ3v) is 0.408. The molecule has 0 aliphatic rings. The molecule has 0 saturated heterocycles. The maximum atomic E-state index is 5.06. The van der Waals surface area contributed by atoms with Crippen LogP contribution in [0.5, 0.6) is 0 Å². The number of rotatable bonds is 2. The molecule has 2 heteroatoms. The molecule has 0 aromatic rings. The Morgan fingerprint density at radius 3 is 1.33 bits per heavy atom. The molecule has 0 spiro atoms. The third-order valence-electron chi connectivity index (χ3n) is 0.408. The molecule has 2 nitrogen and oxygen atoms in total. The van der Waals surface area contributed by atoms with Gasteiger partial charge in [0.1, 0.15) is 0 Å². The smallest absolute Gasteiger partial charge is 0.00653 e. The maximum absolute atomic E-state index is 5.06. The van der Waals surface area contributed by atoms with Crippen molar-refractivity contribution < 1.29 is 0 Å². The van der Waals surface area contributed by atoms with Crippen LogP contribution in [0.4, 0.5) is 0 Å². The van der Waals surface area contributed by atoms with Crippen molar-refractivity contribution >= 4 is 0 Å². The SMILES string of the molecule is C.NCCCN. The lowest BCUT2D eigenvalue weighted by Gasteiger charge is -1.81. The van der Waals surface area contributed by atoms with Gasteiger partial charge >= 0.3 is 0 Å². The van der Waals surface area contributed by atoms with Crippen LogP contribution in [0.3, 0.4) is 0 Å². The third kappa shape index (κ3) is 9.07. The first-order valence-electron chi connectivity index (χ1n) is 1.82. The minimum atomic E-state index is 0. The average molecular weight is 90.2 g/mol. The van der Waals surface area contributed by atoms with Crippen molar-refractivity contribution in [1.29, 1.82) is 0 Å². The van der Waals surface area contributed by atoms with Crippen LogP contribution in [0.15, 0.2) is 0 Å². The Morgan fingerprint density at radius 2 is 1.33 bits per heavy atom. The van der Waals surface area contributed by atoms with Gasteiger partial charge in [0.25, 0.3) is 0 Å². The first kappa shape index (κ1) is 9.33. The summed E-state index contributed by atoms with van der Waals surface area (Å²) in [5.74, 6) is 0. The molecule has 0 radical (unpaired) electrons. The van der Waals surface area contributed by atoms with Gasteiger partial charge < -0.3 is 11.5 Å². The summed E-state index contributed by atoms with van der Waals surface area (Å²) >= 11 is 0. The average Bonchev–Trinajstić information content (AvgIpc) is 1.41. The lowest BCUT2D eigenvalue weighted by molar-refractivity contribution is 0.844. The Balaban J connectivity index is 0. The van der Waals surface area contributed by atoms with Gasteiger partial charge in [-0.05, 0) is 19.5 Å². The van der Waals surface area contributed by atoms with Crippen LogP contribution in [0.1, 0.15) is 13.8 Å². The van der Waals surface area contributed by atoms with E-state index in [4.69, 9.17) is 11.5 Å². The second-order valence-corrected chi connectivity index (χ2v) is 0.931. The van der Waals surface area contributed by atoms with Crippen molar-refractivity contribution in [2.45, 2.75) is 13.8 Å². The molecule has 0 atom stereocenters. The van der Waals surface area contributed by atoms with Gasteiger partial charge in [-0.15, -0.1) is 0 Å². The van der Waals surface area contributed by atoms with E-state index in [0.717, 1.165) is 19.5 Å². The van der Waals surface area contributed by atoms with Crippen molar-refractivity contribution in [3.05, 3.63) is 0 Å². The molecule has 0 fully saturated rings. The molecule has 0 unspecified atom stereocenters. The molecule has 0 rings (SSSR count). The molecule has 0 aromatic heterocycles. The summed E-state index contributed by atoms with van der Waals surface area (Å²) in [5.41, 5.74) is 10.1. The van der Waals surface area contributed by atoms with Gasteiger partial charge in [0.05, 0.1) is 0 Å². The van der Waals surface area contributed by atoms with Gasteiger partial charge in [0.15, 0.2) is 0 Å². The fraction of sp³-hybridized carbons (Fsp3) is 1.00. The van der Waals surface area contributed by atoms with Crippen LogP contribution >= 0.6 is 0 Å². The number of hydrogen-bond acceptors (Lipinski definition) is 2. The molecule has 40 valence electrons. The Morgan fingerprint density at radius 1 is 1.00 bits per heavy atom. The summed E-state index contributed by atoms with van der Waals surface area (Å²) in [4.78, 5) is 0. The van der Waals surface area contributed by atoms with Gasteiger partial charge in [-0.25, -0.2) is 0 Å². The second kappa shape index (κ2) is 8.87. The Bertz CT molecular complexity index is 13.0. The highest BCUT2D eigenvalue weighted by molar-refractivity contribution is 4.33. The highest BCUT2D eigenvalue weighted by Gasteiger charge is 1.67. The van der Waals surface area contributed by atoms with E-state index < -0.39 is 0 Å². The van der Waals surface area contributed by atoms with E-state index in [1.807, 2.05) is 0 Å². The number of nitrogens with two attached hydrogens (primary N) is 2. The van der Waals surface area contributed by atoms with E-state index in [2.05, 4.69) is 0 Å². The van der Waals surface area contributed by atoms with Crippen LogP contribution in [-0.4, -0.2) is 13.1 Å². The standard InChI is InChI=1S/C3H10N2.CH4/c4-2-1-3-5;/h1-5H2;1H4. The lowest BCUT2D eigenvalue weighted by atomic mass is 10.4. The van der Waals surface area contributed by atoms with Crippen LogP contribution in [-0.2, 0) is 0 Å². The number of hydrogen-bond donors (Lipinski definition) is 2. The van der Waals surface area contributed by atoms with Crippen molar-refractivity contribution in [2.24, 2.45) is 11.5 Å². The predicted octanol–water partition coefficient (Wildman–Crippen LogP) is -0.0700. The predicted molar refractivity (Wildman–Crippen MR) is 29.5 cm³/mol. The first-order valence-corrected chi connectivity index (χ1v) is 1.82. The molecule has 4 N–H and O–H groups in total. The molecular formula is C4H14N2. The van der Waals surface area contributed by atoms with Crippen LogP contribution in [0.2, 0.25) is 0 Å². The summed E-state index contributed by atoms with van der Waals surface area (Å²) in [6.07, 6.45) is 0.944. The molecule has 0 bridgehead atoms. The normalized spacial score (nSPS) is 7.00. The van der Waals surface area contributed by atoms with E-state index in [9.17, 15) is 0 Å². The van der Waals surface area contributed by atoms with Crippen LogP contribution < -0.4 is 11.5 Å². The quantitative estimate of drug-likeness (QED) is 0.498. The summed E-state index contributed by atoms with van der Waals surface area (Å²) in [6.45, 7) is 1.44. The van der Waals surface area contributed by atoms with E-state index >= 15 is 0 Å². The highest BCUT2D eigenvalue weighted by atomic mass is 14.6. The Kier molecular flexibility index (Phi) is 13.8. The van der Waals surface area contributed by atoms with Crippen molar-refractivity contribution in [3.63, 3.8) is 0 Å². The van der Waals surface area contributed by atoms with Crippen LogP contribution in [0, 0.1) is 0 Å². The zero-order valence-corrected chi connectivity index (χ0v) is 3.28. The van der Waals surface area contributed by atoms with Gasteiger partial charge in [-0.3, -0.25) is 0 Å². The zero-order chi connectivity index (χ0) is 4.12. The van der Waals surface area contributed by atoms with E-state index in [0.29, 0.717) is 0 Å². The topological polar surface area (TPSA) is 52.0 Å². The van der Waals surface area contributed by atoms with Crippen molar-refractivity contribution in [1.82, 2.24) is 0 Å². The minimum absolute atomic E-state index is 0. The molecular weight excluding hydrogens is 76.1 g/mol. The fourth-order valence-electron chi connectivity index (χ4n) is 0.118. The van der Waals surface area contributed by atoms with Crippen molar-refractivity contribution in [2.75, 3.05) is 13.1 Å². The Labute approximate surface area is 39.5 Å². The minimum Gasteiger partial charge on any atom is -0.330 e. The maximum Gasteiger partial charge on any atom is -0.00653 e. The molecule has 0 amide bonds. The van der Waals surface area contributed by atoms with E-state index in [1.165, 1.54) is 0 Å². The fourth-order valence-corrected chi connectivity index (χ4v) is 0.118. The van der Waals surface area contributed by atoms with Gasteiger partial charge in [-0.1, -0.05) is 7.43 Å². The second-order valence-electron chi connectivity index (χ2n) is 0.931. The molecule has 0 saturated carbocycles. The van der Waals surface area contributed by atoms with Gasteiger partial charge in [0.2, 0.25) is 0 Å². The van der Waals surface area contributed by atoms with Crippen molar-refractivity contribution in [3.8, 4) is 0 Å². The summed E-state index contributed by atoms with van der Waals surface area (Å²) in [6, 6.07) is 0. The van der Waals surface area contributed by atoms with Gasteiger partial charge in [-0.2, -0.15) is 0 Å². The Hall–Kier alpha value is -0.0800. The molecule has 6 heavy (non-hydrogen) atoms. The monoisotopic (exact) mass is 90.1 g/mol. The summed E-state index contributed by atoms with van der Waals surface area (Å²) in [5, 5.41) is 0. The summed E-state index contributed by atoms with van der Waals surface area (Å²) in [7, 11) is 0.